The topological polar surface area (TPSA) is 66.8 Å². The first-order chi connectivity index (χ1) is 10.4. The third-order valence-corrected chi connectivity index (χ3v) is 4.57. The number of aliphatic carboxylic acids is 1. The summed E-state index contributed by atoms with van der Waals surface area (Å²) in [6.07, 6.45) is 2.35. The standard InChI is InChI=1S/C16H20ClNO4/c1-18(12-7-8-14(22-2)13(17)9-12)15(19)10-3-5-11(6-4-10)16(20)21/h7-11H,3-6H2,1-2H3,(H,20,21). The number of anilines is 1. The van der Waals surface area contributed by atoms with E-state index in [2.05, 4.69) is 0 Å². The number of ether oxygens (including phenoxy) is 1. The molecule has 0 spiro atoms. The largest absolute Gasteiger partial charge is 0.495 e. The Morgan fingerprint density at radius 3 is 2.32 bits per heavy atom. The zero-order valence-corrected chi connectivity index (χ0v) is 13.5. The van der Waals surface area contributed by atoms with Crippen molar-refractivity contribution in [1.82, 2.24) is 0 Å². The molecule has 1 N–H and O–H groups in total. The number of methoxy groups -OCH3 is 1. The molecule has 1 amide bonds. The van der Waals surface area contributed by atoms with Crippen LogP contribution < -0.4 is 9.64 Å². The SMILES string of the molecule is COc1ccc(N(C)C(=O)C2CCC(C(=O)O)CC2)cc1Cl. The van der Waals surface area contributed by atoms with Gasteiger partial charge in [0.2, 0.25) is 5.91 Å². The zero-order valence-electron chi connectivity index (χ0n) is 12.7. The van der Waals surface area contributed by atoms with Gasteiger partial charge in [-0.15, -0.1) is 0 Å². The van der Waals surface area contributed by atoms with Crippen LogP contribution in [0.5, 0.6) is 5.75 Å². The van der Waals surface area contributed by atoms with Crippen molar-refractivity contribution in [2.45, 2.75) is 25.7 Å². The second kappa shape index (κ2) is 7.01. The van der Waals surface area contributed by atoms with Crippen LogP contribution in [-0.2, 0) is 9.59 Å². The predicted molar refractivity (Wildman–Crippen MR) is 84.5 cm³/mol. The summed E-state index contributed by atoms with van der Waals surface area (Å²) in [6.45, 7) is 0. The molecule has 22 heavy (non-hydrogen) atoms. The molecule has 1 saturated carbocycles. The molecule has 0 radical (unpaired) electrons. The van der Waals surface area contributed by atoms with Crippen molar-refractivity contribution in [3.63, 3.8) is 0 Å². The molecule has 0 aliphatic heterocycles. The third kappa shape index (κ3) is 3.53. The molecule has 0 bridgehead atoms. The molecule has 0 aromatic heterocycles. The van der Waals surface area contributed by atoms with Crippen molar-refractivity contribution in [2.24, 2.45) is 11.8 Å². The van der Waals surface area contributed by atoms with Crippen LogP contribution in [0.4, 0.5) is 5.69 Å². The van der Waals surface area contributed by atoms with Crippen LogP contribution in [0.1, 0.15) is 25.7 Å². The highest BCUT2D eigenvalue weighted by molar-refractivity contribution is 6.32. The molecule has 0 unspecified atom stereocenters. The Bertz CT molecular complexity index is 567. The minimum absolute atomic E-state index is 0.00470. The molecule has 120 valence electrons. The fraction of sp³-hybridized carbons (Fsp3) is 0.500. The maximum atomic E-state index is 12.5. The number of nitrogens with zero attached hydrogens (tertiary/aromatic N) is 1. The molecule has 0 saturated heterocycles. The highest BCUT2D eigenvalue weighted by atomic mass is 35.5. The van der Waals surface area contributed by atoms with E-state index in [9.17, 15) is 9.59 Å². The molecular weight excluding hydrogens is 306 g/mol. The number of benzene rings is 1. The number of carbonyl (C=O) groups is 2. The van der Waals surface area contributed by atoms with Crippen LogP contribution >= 0.6 is 11.6 Å². The van der Waals surface area contributed by atoms with Gasteiger partial charge in [-0.3, -0.25) is 9.59 Å². The Labute approximate surface area is 134 Å². The first kappa shape index (κ1) is 16.6. The molecule has 0 atom stereocenters. The summed E-state index contributed by atoms with van der Waals surface area (Å²) < 4.78 is 5.10. The summed E-state index contributed by atoms with van der Waals surface area (Å²) in [4.78, 5) is 25.1. The Morgan fingerprint density at radius 1 is 1.23 bits per heavy atom. The Hall–Kier alpha value is -1.75. The van der Waals surface area contributed by atoms with Crippen molar-refractivity contribution in [1.29, 1.82) is 0 Å². The van der Waals surface area contributed by atoms with Gasteiger partial charge < -0.3 is 14.7 Å². The monoisotopic (exact) mass is 325 g/mol. The lowest BCUT2D eigenvalue weighted by atomic mass is 9.81. The molecule has 1 aliphatic rings. The van der Waals surface area contributed by atoms with Crippen molar-refractivity contribution in [3.05, 3.63) is 23.2 Å². The molecule has 1 aromatic rings. The number of halogens is 1. The molecule has 1 fully saturated rings. The quantitative estimate of drug-likeness (QED) is 0.923. The summed E-state index contributed by atoms with van der Waals surface area (Å²) in [7, 11) is 3.25. The van der Waals surface area contributed by atoms with Gasteiger partial charge in [0.25, 0.3) is 0 Å². The van der Waals surface area contributed by atoms with Crippen LogP contribution in [0.2, 0.25) is 5.02 Å². The van der Waals surface area contributed by atoms with E-state index in [4.69, 9.17) is 21.4 Å². The Kier molecular flexibility index (Phi) is 5.29. The van der Waals surface area contributed by atoms with Gasteiger partial charge in [0.15, 0.2) is 0 Å². The van der Waals surface area contributed by atoms with Gasteiger partial charge in [-0.05, 0) is 43.9 Å². The van der Waals surface area contributed by atoms with Crippen LogP contribution in [0, 0.1) is 11.8 Å². The molecular formula is C16H20ClNO4. The van der Waals surface area contributed by atoms with Crippen molar-refractivity contribution in [2.75, 3.05) is 19.1 Å². The third-order valence-electron chi connectivity index (χ3n) is 4.28. The van der Waals surface area contributed by atoms with Gasteiger partial charge in [0, 0.05) is 18.7 Å². The summed E-state index contributed by atoms with van der Waals surface area (Å²) in [5.74, 6) is -0.634. The number of carboxylic acids is 1. The minimum Gasteiger partial charge on any atom is -0.495 e. The fourth-order valence-electron chi connectivity index (χ4n) is 2.85. The zero-order chi connectivity index (χ0) is 16.3. The number of rotatable bonds is 4. The van der Waals surface area contributed by atoms with Gasteiger partial charge >= 0.3 is 5.97 Å². The molecule has 0 heterocycles. The van der Waals surface area contributed by atoms with Gasteiger partial charge in [-0.2, -0.15) is 0 Å². The first-order valence-corrected chi connectivity index (χ1v) is 7.65. The van der Waals surface area contributed by atoms with E-state index in [0.29, 0.717) is 42.1 Å². The number of carbonyl (C=O) groups excluding carboxylic acids is 1. The minimum atomic E-state index is -0.763. The molecule has 1 aromatic carbocycles. The van der Waals surface area contributed by atoms with Crippen molar-refractivity contribution in [3.8, 4) is 5.75 Å². The summed E-state index contributed by atoms with van der Waals surface area (Å²) in [5.41, 5.74) is 0.705. The average Bonchev–Trinajstić information content (AvgIpc) is 2.53. The van der Waals surface area contributed by atoms with Crippen molar-refractivity contribution >= 4 is 29.2 Å². The maximum absolute atomic E-state index is 12.5. The lowest BCUT2D eigenvalue weighted by Gasteiger charge is -2.29. The highest BCUT2D eigenvalue weighted by Crippen LogP contribution is 2.33. The number of amides is 1. The summed E-state index contributed by atoms with van der Waals surface area (Å²) in [6, 6.07) is 5.20. The first-order valence-electron chi connectivity index (χ1n) is 7.28. The van der Waals surface area contributed by atoms with E-state index in [1.54, 1.807) is 30.1 Å². The number of hydrogen-bond acceptors (Lipinski definition) is 3. The fourth-order valence-corrected chi connectivity index (χ4v) is 3.10. The van der Waals surface area contributed by atoms with Crippen LogP contribution in [-0.4, -0.2) is 31.1 Å². The molecule has 1 aliphatic carbocycles. The Balaban J connectivity index is 2.03. The smallest absolute Gasteiger partial charge is 0.306 e. The van der Waals surface area contributed by atoms with E-state index >= 15 is 0 Å². The predicted octanol–water partition coefficient (Wildman–Crippen LogP) is 3.20. The number of carboxylic acid groups (broad SMARTS) is 1. The maximum Gasteiger partial charge on any atom is 0.306 e. The highest BCUT2D eigenvalue weighted by Gasteiger charge is 2.31. The van der Waals surface area contributed by atoms with Gasteiger partial charge in [-0.1, -0.05) is 11.6 Å². The second-order valence-electron chi connectivity index (χ2n) is 5.60. The van der Waals surface area contributed by atoms with E-state index in [0.717, 1.165) is 0 Å². The van der Waals surface area contributed by atoms with Crippen LogP contribution in [0.25, 0.3) is 0 Å². The van der Waals surface area contributed by atoms with E-state index in [1.807, 2.05) is 0 Å². The van der Waals surface area contributed by atoms with Gasteiger partial charge in [0.1, 0.15) is 5.75 Å². The van der Waals surface area contributed by atoms with Crippen LogP contribution in [0.3, 0.4) is 0 Å². The number of hydrogen-bond donors (Lipinski definition) is 1. The van der Waals surface area contributed by atoms with E-state index < -0.39 is 5.97 Å². The molecule has 2 rings (SSSR count). The van der Waals surface area contributed by atoms with Crippen molar-refractivity contribution < 1.29 is 19.4 Å². The van der Waals surface area contributed by atoms with E-state index in [-0.39, 0.29) is 17.7 Å². The lowest BCUT2D eigenvalue weighted by molar-refractivity contribution is -0.143. The van der Waals surface area contributed by atoms with E-state index in [1.165, 1.54) is 7.11 Å². The lowest BCUT2D eigenvalue weighted by Crippen LogP contribution is -2.35. The average molecular weight is 326 g/mol. The van der Waals surface area contributed by atoms with Crippen LogP contribution in [0.15, 0.2) is 18.2 Å². The molecule has 5 nitrogen and oxygen atoms in total. The summed E-state index contributed by atoms with van der Waals surface area (Å²) >= 11 is 6.09. The normalized spacial score (nSPS) is 21.2. The summed E-state index contributed by atoms with van der Waals surface area (Å²) in [5, 5.41) is 9.46. The van der Waals surface area contributed by atoms with Gasteiger partial charge in [0.05, 0.1) is 18.1 Å². The second-order valence-corrected chi connectivity index (χ2v) is 6.01. The van der Waals surface area contributed by atoms with Gasteiger partial charge in [-0.25, -0.2) is 0 Å². The Morgan fingerprint density at radius 2 is 1.82 bits per heavy atom. The molecule has 6 heteroatoms.